The van der Waals surface area contributed by atoms with Crippen molar-refractivity contribution in [2.45, 2.75) is 19.3 Å². The Labute approximate surface area is 119 Å². The summed E-state index contributed by atoms with van der Waals surface area (Å²) in [6.45, 7) is 0. The van der Waals surface area contributed by atoms with Gasteiger partial charge in [-0.2, -0.15) is 0 Å². The van der Waals surface area contributed by atoms with Crippen LogP contribution in [0.3, 0.4) is 0 Å². The van der Waals surface area contributed by atoms with Gasteiger partial charge >= 0.3 is 0 Å². The summed E-state index contributed by atoms with van der Waals surface area (Å²) in [7, 11) is 0. The molecule has 0 N–H and O–H groups in total. The molecule has 0 aliphatic heterocycles. The Balaban J connectivity index is 1.65. The molecular formula is C19H16O. The van der Waals surface area contributed by atoms with Crippen molar-refractivity contribution in [3.8, 4) is 0 Å². The van der Waals surface area contributed by atoms with Crippen molar-refractivity contribution in [3.05, 3.63) is 76.4 Å². The smallest absolute Gasteiger partial charge is 0.166 e. The maximum absolute atomic E-state index is 12.5. The summed E-state index contributed by atoms with van der Waals surface area (Å²) in [4.78, 5) is 12.5. The second-order valence-electron chi connectivity index (χ2n) is 5.72. The number of benzene rings is 2. The fourth-order valence-corrected chi connectivity index (χ4v) is 3.49. The summed E-state index contributed by atoms with van der Waals surface area (Å²) in [6.07, 6.45) is 7.20. The third kappa shape index (κ3) is 1.74. The van der Waals surface area contributed by atoms with Gasteiger partial charge in [0.1, 0.15) is 0 Å². The first-order valence-electron chi connectivity index (χ1n) is 7.22. The van der Waals surface area contributed by atoms with Gasteiger partial charge in [0.15, 0.2) is 5.78 Å². The van der Waals surface area contributed by atoms with E-state index in [-0.39, 0.29) is 5.92 Å². The van der Waals surface area contributed by atoms with Crippen molar-refractivity contribution in [2.75, 3.05) is 0 Å². The predicted octanol–water partition coefficient (Wildman–Crippen LogP) is 3.85. The van der Waals surface area contributed by atoms with E-state index < -0.39 is 0 Å². The number of allylic oxidation sites excluding steroid dienone is 1. The highest BCUT2D eigenvalue weighted by Crippen LogP contribution is 2.31. The Morgan fingerprint density at radius 1 is 1.00 bits per heavy atom. The van der Waals surface area contributed by atoms with Crippen LogP contribution in [0.2, 0.25) is 0 Å². The summed E-state index contributed by atoms with van der Waals surface area (Å²) in [5, 5.41) is 0. The van der Waals surface area contributed by atoms with Crippen LogP contribution in [0.15, 0.2) is 48.5 Å². The van der Waals surface area contributed by atoms with Crippen LogP contribution in [0.5, 0.6) is 0 Å². The zero-order chi connectivity index (χ0) is 13.5. The zero-order valence-electron chi connectivity index (χ0n) is 11.3. The number of hydrogen-bond donors (Lipinski definition) is 0. The Morgan fingerprint density at radius 3 is 2.75 bits per heavy atom. The molecule has 1 nitrogen and oxygen atoms in total. The van der Waals surface area contributed by atoms with E-state index in [1.807, 2.05) is 18.2 Å². The molecule has 2 aromatic carbocycles. The molecule has 2 aliphatic carbocycles. The molecule has 0 fully saturated rings. The van der Waals surface area contributed by atoms with Crippen LogP contribution < -0.4 is 0 Å². The van der Waals surface area contributed by atoms with Crippen LogP contribution in [-0.4, -0.2) is 5.78 Å². The quantitative estimate of drug-likeness (QED) is 0.801. The molecule has 4 rings (SSSR count). The Kier molecular flexibility index (Phi) is 2.59. The summed E-state index contributed by atoms with van der Waals surface area (Å²) < 4.78 is 0. The van der Waals surface area contributed by atoms with Gasteiger partial charge in [-0.05, 0) is 41.5 Å². The van der Waals surface area contributed by atoms with Crippen LogP contribution in [0.1, 0.15) is 32.6 Å². The summed E-state index contributed by atoms with van der Waals surface area (Å²) in [6, 6.07) is 14.5. The minimum absolute atomic E-state index is 0.118. The van der Waals surface area contributed by atoms with E-state index in [1.165, 1.54) is 22.3 Å². The third-order valence-corrected chi connectivity index (χ3v) is 4.50. The lowest BCUT2D eigenvalue weighted by atomic mass is 9.91. The first-order chi connectivity index (χ1) is 9.83. The average Bonchev–Trinajstić information content (AvgIpc) is 3.06. The van der Waals surface area contributed by atoms with Crippen LogP contribution in [0.25, 0.3) is 6.08 Å². The lowest BCUT2D eigenvalue weighted by molar-refractivity contribution is 0.0936. The van der Waals surface area contributed by atoms with E-state index in [1.54, 1.807) is 0 Å². The normalized spacial score (nSPS) is 19.2. The molecule has 0 radical (unpaired) electrons. The summed E-state index contributed by atoms with van der Waals surface area (Å²) >= 11 is 0. The van der Waals surface area contributed by atoms with Gasteiger partial charge in [0.25, 0.3) is 0 Å². The van der Waals surface area contributed by atoms with Crippen molar-refractivity contribution >= 4 is 11.9 Å². The molecule has 2 aromatic rings. The van der Waals surface area contributed by atoms with Gasteiger partial charge < -0.3 is 0 Å². The summed E-state index contributed by atoms with van der Waals surface area (Å²) in [5.74, 6) is 0.438. The summed E-state index contributed by atoms with van der Waals surface area (Å²) in [5.41, 5.74) is 6.20. The second-order valence-corrected chi connectivity index (χ2v) is 5.72. The predicted molar refractivity (Wildman–Crippen MR) is 80.9 cm³/mol. The standard InChI is InChI=1S/C19H16O/c20-19-16(12-15-5-1-2-9-18(15)19)11-14-8-3-6-13-7-4-10-17(13)14/h1-6,8-10,16H,7,11-12H2. The van der Waals surface area contributed by atoms with E-state index in [0.717, 1.165) is 24.8 Å². The minimum atomic E-state index is 0.118. The lowest BCUT2D eigenvalue weighted by Gasteiger charge is -2.11. The fourth-order valence-electron chi connectivity index (χ4n) is 3.49. The first-order valence-corrected chi connectivity index (χ1v) is 7.22. The maximum atomic E-state index is 12.5. The van der Waals surface area contributed by atoms with Crippen LogP contribution in [0, 0.1) is 5.92 Å². The van der Waals surface area contributed by atoms with Crippen LogP contribution in [-0.2, 0) is 19.3 Å². The van der Waals surface area contributed by atoms with Crippen molar-refractivity contribution in [3.63, 3.8) is 0 Å². The van der Waals surface area contributed by atoms with Gasteiger partial charge in [-0.25, -0.2) is 0 Å². The van der Waals surface area contributed by atoms with Crippen molar-refractivity contribution in [1.82, 2.24) is 0 Å². The lowest BCUT2D eigenvalue weighted by Crippen LogP contribution is -2.13. The first kappa shape index (κ1) is 11.7. The molecule has 0 aromatic heterocycles. The molecule has 2 aliphatic rings. The molecule has 1 heteroatoms. The molecule has 0 amide bonds. The molecule has 0 heterocycles. The highest BCUT2D eigenvalue weighted by molar-refractivity contribution is 6.02. The number of ketones is 1. The van der Waals surface area contributed by atoms with Crippen molar-refractivity contribution < 1.29 is 4.79 Å². The van der Waals surface area contributed by atoms with Gasteiger partial charge in [-0.1, -0.05) is 54.6 Å². The highest BCUT2D eigenvalue weighted by atomic mass is 16.1. The number of hydrogen-bond acceptors (Lipinski definition) is 1. The van der Waals surface area contributed by atoms with Gasteiger partial charge in [0.05, 0.1) is 0 Å². The molecule has 0 saturated carbocycles. The minimum Gasteiger partial charge on any atom is -0.294 e. The van der Waals surface area contributed by atoms with Gasteiger partial charge in [-0.3, -0.25) is 4.79 Å². The third-order valence-electron chi connectivity index (χ3n) is 4.50. The van der Waals surface area contributed by atoms with Crippen LogP contribution >= 0.6 is 0 Å². The molecule has 0 spiro atoms. The van der Waals surface area contributed by atoms with Gasteiger partial charge in [0, 0.05) is 11.5 Å². The van der Waals surface area contributed by atoms with Crippen molar-refractivity contribution in [2.24, 2.45) is 5.92 Å². The maximum Gasteiger partial charge on any atom is 0.166 e. The molecule has 98 valence electrons. The van der Waals surface area contributed by atoms with E-state index in [0.29, 0.717) is 5.78 Å². The fraction of sp³-hybridized carbons (Fsp3) is 0.211. The zero-order valence-corrected chi connectivity index (χ0v) is 11.3. The Hall–Kier alpha value is -2.15. The van der Waals surface area contributed by atoms with Crippen LogP contribution in [0.4, 0.5) is 0 Å². The molecule has 0 saturated heterocycles. The SMILES string of the molecule is O=C1c2ccccc2CC1Cc1cccc2c1C=CC2. The highest BCUT2D eigenvalue weighted by Gasteiger charge is 2.30. The van der Waals surface area contributed by atoms with E-state index in [9.17, 15) is 4.79 Å². The largest absolute Gasteiger partial charge is 0.294 e. The number of fused-ring (bicyclic) bond motifs is 2. The second kappa shape index (κ2) is 4.45. The Bertz CT molecular complexity index is 724. The molecule has 20 heavy (non-hydrogen) atoms. The van der Waals surface area contributed by atoms with Gasteiger partial charge in [0.2, 0.25) is 0 Å². The Morgan fingerprint density at radius 2 is 1.85 bits per heavy atom. The van der Waals surface area contributed by atoms with E-state index in [2.05, 4.69) is 36.4 Å². The number of carbonyl (C=O) groups excluding carboxylic acids is 1. The number of rotatable bonds is 2. The van der Waals surface area contributed by atoms with E-state index in [4.69, 9.17) is 0 Å². The monoisotopic (exact) mass is 260 g/mol. The van der Waals surface area contributed by atoms with Crippen molar-refractivity contribution in [1.29, 1.82) is 0 Å². The molecular weight excluding hydrogens is 244 g/mol. The molecule has 1 unspecified atom stereocenters. The van der Waals surface area contributed by atoms with Gasteiger partial charge in [-0.15, -0.1) is 0 Å². The molecule has 0 bridgehead atoms. The van der Waals surface area contributed by atoms with E-state index >= 15 is 0 Å². The average molecular weight is 260 g/mol. The topological polar surface area (TPSA) is 17.1 Å². The number of Topliss-reactive ketones (excluding diaryl/α,β-unsaturated/α-hetero) is 1. The number of carbonyl (C=O) groups is 1. The molecule has 1 atom stereocenters.